The number of carbonyl (C=O) groups excluding carboxylic acids is 1. The number of aromatic nitrogens is 1. The third-order valence-corrected chi connectivity index (χ3v) is 5.54. The van der Waals surface area contributed by atoms with E-state index in [4.69, 9.17) is 9.47 Å². The van der Waals surface area contributed by atoms with Gasteiger partial charge in [0.05, 0.1) is 25.6 Å². The SMILES string of the molecule is CCCN(C(=O)Nc1cc(OC)ccc1OC)c1nc(-c2cccc(Br)c2)cs1. The molecule has 1 aromatic heterocycles. The third-order valence-electron chi connectivity index (χ3n) is 4.18. The van der Waals surface area contributed by atoms with Crippen molar-refractivity contribution in [2.24, 2.45) is 0 Å². The van der Waals surface area contributed by atoms with Gasteiger partial charge in [0.1, 0.15) is 11.5 Å². The van der Waals surface area contributed by atoms with E-state index >= 15 is 0 Å². The summed E-state index contributed by atoms with van der Waals surface area (Å²) < 4.78 is 11.6. The molecule has 8 heteroatoms. The molecule has 3 aromatic rings. The number of hydrogen-bond donors (Lipinski definition) is 1. The first-order valence-electron chi connectivity index (χ1n) is 9.07. The molecule has 0 unspecified atom stereocenters. The van der Waals surface area contributed by atoms with Gasteiger partial charge in [0.25, 0.3) is 0 Å². The van der Waals surface area contributed by atoms with Gasteiger partial charge in [-0.25, -0.2) is 9.78 Å². The number of thiazole rings is 1. The maximum Gasteiger partial charge on any atom is 0.328 e. The fraction of sp³-hybridized carbons (Fsp3) is 0.238. The molecule has 0 aliphatic carbocycles. The Hall–Kier alpha value is -2.58. The van der Waals surface area contributed by atoms with Gasteiger partial charge in [-0.3, -0.25) is 4.90 Å². The minimum atomic E-state index is -0.270. The van der Waals surface area contributed by atoms with Gasteiger partial charge in [0, 0.05) is 28.0 Å². The van der Waals surface area contributed by atoms with Gasteiger partial charge >= 0.3 is 6.03 Å². The summed E-state index contributed by atoms with van der Waals surface area (Å²) in [5, 5.41) is 5.52. The molecule has 29 heavy (non-hydrogen) atoms. The molecule has 0 radical (unpaired) electrons. The zero-order valence-electron chi connectivity index (χ0n) is 16.4. The number of methoxy groups -OCH3 is 2. The van der Waals surface area contributed by atoms with Crippen LogP contribution in [-0.4, -0.2) is 31.8 Å². The third kappa shape index (κ3) is 5.07. The van der Waals surface area contributed by atoms with E-state index in [0.717, 1.165) is 22.2 Å². The first kappa shape index (κ1) is 21.1. The van der Waals surface area contributed by atoms with Crippen molar-refractivity contribution in [2.45, 2.75) is 13.3 Å². The maximum absolute atomic E-state index is 13.0. The Morgan fingerprint density at radius 3 is 2.72 bits per heavy atom. The van der Waals surface area contributed by atoms with E-state index in [-0.39, 0.29) is 6.03 Å². The van der Waals surface area contributed by atoms with Crippen LogP contribution in [0.3, 0.4) is 0 Å². The number of ether oxygens (including phenoxy) is 2. The number of halogens is 1. The molecular weight excluding hydrogens is 454 g/mol. The van der Waals surface area contributed by atoms with E-state index in [1.807, 2.05) is 36.6 Å². The van der Waals surface area contributed by atoms with Gasteiger partial charge in [0.2, 0.25) is 0 Å². The van der Waals surface area contributed by atoms with Crippen LogP contribution in [0.15, 0.2) is 52.3 Å². The average Bonchev–Trinajstić information content (AvgIpc) is 3.21. The Kier molecular flexibility index (Phi) is 7.11. The molecule has 0 spiro atoms. The number of nitrogens with zero attached hydrogens (tertiary/aromatic N) is 2. The van der Waals surface area contributed by atoms with E-state index in [2.05, 4.69) is 26.2 Å². The number of benzene rings is 2. The lowest BCUT2D eigenvalue weighted by molar-refractivity contribution is 0.256. The van der Waals surface area contributed by atoms with Crippen molar-refractivity contribution in [2.75, 3.05) is 31.0 Å². The summed E-state index contributed by atoms with van der Waals surface area (Å²) in [6.07, 6.45) is 0.800. The van der Waals surface area contributed by atoms with Crippen LogP contribution in [0.2, 0.25) is 0 Å². The summed E-state index contributed by atoms with van der Waals surface area (Å²) >= 11 is 4.92. The van der Waals surface area contributed by atoms with Gasteiger partial charge in [-0.15, -0.1) is 11.3 Å². The fourth-order valence-corrected chi connectivity index (χ4v) is 4.03. The second-order valence-electron chi connectivity index (χ2n) is 6.17. The Labute approximate surface area is 182 Å². The minimum absolute atomic E-state index is 0.270. The van der Waals surface area contributed by atoms with Crippen LogP contribution in [0, 0.1) is 0 Å². The highest BCUT2D eigenvalue weighted by atomic mass is 79.9. The summed E-state index contributed by atoms with van der Waals surface area (Å²) in [4.78, 5) is 19.4. The number of carbonyl (C=O) groups is 1. The molecule has 2 aromatic carbocycles. The Morgan fingerprint density at radius 1 is 1.21 bits per heavy atom. The molecular formula is C21H22BrN3O3S. The highest BCUT2D eigenvalue weighted by Gasteiger charge is 2.20. The van der Waals surface area contributed by atoms with E-state index in [9.17, 15) is 4.79 Å². The Bertz CT molecular complexity index is 993. The maximum atomic E-state index is 13.0. The molecule has 3 rings (SSSR count). The average molecular weight is 476 g/mol. The molecule has 1 N–H and O–H groups in total. The largest absolute Gasteiger partial charge is 0.497 e. The van der Waals surface area contributed by atoms with Crippen LogP contribution >= 0.6 is 27.3 Å². The number of hydrogen-bond acceptors (Lipinski definition) is 5. The first-order valence-corrected chi connectivity index (χ1v) is 10.7. The standard InChI is InChI=1S/C21H22BrN3O3S/c1-4-10-25(20(26)23-17-12-16(27-2)8-9-19(17)28-3)21-24-18(13-29-21)14-6-5-7-15(22)11-14/h5-9,11-13H,4,10H2,1-3H3,(H,23,26). The summed E-state index contributed by atoms with van der Waals surface area (Å²) in [7, 11) is 3.14. The number of rotatable bonds is 7. The number of amides is 2. The van der Waals surface area contributed by atoms with Crippen molar-refractivity contribution < 1.29 is 14.3 Å². The van der Waals surface area contributed by atoms with E-state index < -0.39 is 0 Å². The molecule has 2 amide bonds. The predicted molar refractivity (Wildman–Crippen MR) is 121 cm³/mol. The summed E-state index contributed by atoms with van der Waals surface area (Å²) in [5.41, 5.74) is 2.37. The van der Waals surface area contributed by atoms with E-state index in [1.165, 1.54) is 11.3 Å². The fourth-order valence-electron chi connectivity index (χ4n) is 2.77. The Balaban J connectivity index is 1.86. The first-order chi connectivity index (χ1) is 14.0. The Morgan fingerprint density at radius 2 is 2.03 bits per heavy atom. The van der Waals surface area contributed by atoms with Gasteiger partial charge in [-0.1, -0.05) is 35.0 Å². The van der Waals surface area contributed by atoms with Gasteiger partial charge < -0.3 is 14.8 Å². The molecule has 0 atom stereocenters. The van der Waals surface area contributed by atoms with Crippen molar-refractivity contribution in [1.29, 1.82) is 0 Å². The minimum Gasteiger partial charge on any atom is -0.497 e. The lowest BCUT2D eigenvalue weighted by Crippen LogP contribution is -2.35. The summed E-state index contributed by atoms with van der Waals surface area (Å²) in [6, 6.07) is 12.9. The molecule has 0 bridgehead atoms. The van der Waals surface area contributed by atoms with Crippen molar-refractivity contribution >= 4 is 44.1 Å². The van der Waals surface area contributed by atoms with Gasteiger partial charge in [-0.2, -0.15) is 0 Å². The van der Waals surface area contributed by atoms with Crippen molar-refractivity contribution in [3.05, 3.63) is 52.3 Å². The lowest BCUT2D eigenvalue weighted by Gasteiger charge is -2.21. The highest BCUT2D eigenvalue weighted by molar-refractivity contribution is 9.10. The molecule has 6 nitrogen and oxygen atoms in total. The summed E-state index contributed by atoms with van der Waals surface area (Å²) in [5.74, 6) is 1.19. The molecule has 0 saturated heterocycles. The monoisotopic (exact) mass is 475 g/mol. The van der Waals surface area contributed by atoms with Crippen molar-refractivity contribution in [3.8, 4) is 22.8 Å². The normalized spacial score (nSPS) is 10.5. The van der Waals surface area contributed by atoms with Crippen LogP contribution in [0.4, 0.5) is 15.6 Å². The second-order valence-corrected chi connectivity index (χ2v) is 7.93. The zero-order chi connectivity index (χ0) is 20.8. The zero-order valence-corrected chi connectivity index (χ0v) is 18.8. The van der Waals surface area contributed by atoms with E-state index in [0.29, 0.717) is 28.9 Å². The van der Waals surface area contributed by atoms with Gasteiger partial charge in [0.15, 0.2) is 5.13 Å². The van der Waals surface area contributed by atoms with Gasteiger partial charge in [-0.05, 0) is 30.7 Å². The highest BCUT2D eigenvalue weighted by Crippen LogP contribution is 2.32. The van der Waals surface area contributed by atoms with Crippen LogP contribution in [0.5, 0.6) is 11.5 Å². The molecule has 1 heterocycles. The second kappa shape index (κ2) is 9.76. The smallest absolute Gasteiger partial charge is 0.328 e. The van der Waals surface area contributed by atoms with Crippen LogP contribution in [0.1, 0.15) is 13.3 Å². The lowest BCUT2D eigenvalue weighted by atomic mass is 10.2. The number of anilines is 2. The number of nitrogens with one attached hydrogen (secondary N) is 1. The van der Waals surface area contributed by atoms with Crippen LogP contribution in [0.25, 0.3) is 11.3 Å². The molecule has 0 saturated carbocycles. The molecule has 0 aliphatic heterocycles. The molecule has 0 fully saturated rings. The molecule has 0 aliphatic rings. The van der Waals surface area contributed by atoms with Crippen LogP contribution in [-0.2, 0) is 0 Å². The van der Waals surface area contributed by atoms with Crippen molar-refractivity contribution in [3.63, 3.8) is 0 Å². The predicted octanol–water partition coefficient (Wildman–Crippen LogP) is 6.04. The van der Waals surface area contributed by atoms with Crippen molar-refractivity contribution in [1.82, 2.24) is 4.98 Å². The number of urea groups is 1. The van der Waals surface area contributed by atoms with Crippen LogP contribution < -0.4 is 19.7 Å². The van der Waals surface area contributed by atoms with E-state index in [1.54, 1.807) is 37.3 Å². The topological polar surface area (TPSA) is 63.7 Å². The quantitative estimate of drug-likeness (QED) is 0.452. The summed E-state index contributed by atoms with van der Waals surface area (Å²) in [6.45, 7) is 2.57. The molecule has 152 valence electrons.